The van der Waals surface area contributed by atoms with Gasteiger partial charge in [0.15, 0.2) is 6.10 Å². The number of rotatable bonds is 4. The number of hydrogen-bond acceptors (Lipinski definition) is 5. The minimum atomic E-state index is -2.08. The normalized spacial score (nSPS) is 29.0. The van der Waals surface area contributed by atoms with E-state index in [1.165, 1.54) is 0 Å². The molecule has 0 aromatic carbocycles. The lowest BCUT2D eigenvalue weighted by molar-refractivity contribution is -0.238. The molecular formula is C10H16FNO5. The molecule has 0 radical (unpaired) electrons. The van der Waals surface area contributed by atoms with Gasteiger partial charge in [0, 0.05) is 0 Å². The SMILES string of the molecule is CCOC(=O)[C@H]1O[C@@H](OC(C)C)NC(=O)[C@H]1F. The van der Waals surface area contributed by atoms with E-state index in [2.05, 4.69) is 10.1 Å². The van der Waals surface area contributed by atoms with Crippen molar-refractivity contribution >= 4 is 11.9 Å². The molecule has 1 amide bonds. The zero-order chi connectivity index (χ0) is 13.0. The van der Waals surface area contributed by atoms with E-state index in [0.717, 1.165) is 0 Å². The minimum Gasteiger partial charge on any atom is -0.464 e. The summed E-state index contributed by atoms with van der Waals surface area (Å²) in [4.78, 5) is 22.6. The molecule has 6 nitrogen and oxygen atoms in total. The number of carbonyl (C=O) groups excluding carboxylic acids is 2. The maximum atomic E-state index is 13.4. The Kier molecular flexibility index (Phi) is 4.83. The average molecular weight is 249 g/mol. The van der Waals surface area contributed by atoms with Gasteiger partial charge in [-0.1, -0.05) is 0 Å². The zero-order valence-electron chi connectivity index (χ0n) is 9.94. The van der Waals surface area contributed by atoms with Crippen molar-refractivity contribution in [3.05, 3.63) is 0 Å². The van der Waals surface area contributed by atoms with Crippen molar-refractivity contribution in [2.75, 3.05) is 6.61 Å². The van der Waals surface area contributed by atoms with Crippen LogP contribution in [0.3, 0.4) is 0 Å². The van der Waals surface area contributed by atoms with E-state index in [-0.39, 0.29) is 12.7 Å². The zero-order valence-corrected chi connectivity index (χ0v) is 9.94. The Hall–Kier alpha value is -1.21. The molecule has 3 atom stereocenters. The molecule has 0 bridgehead atoms. The summed E-state index contributed by atoms with van der Waals surface area (Å²) in [7, 11) is 0. The molecule has 1 heterocycles. The first-order chi connectivity index (χ1) is 7.95. The molecule has 0 saturated carbocycles. The molecule has 1 aliphatic heterocycles. The van der Waals surface area contributed by atoms with Crippen LogP contribution in [0.25, 0.3) is 0 Å². The standard InChI is InChI=1S/C10H16FNO5/c1-4-15-9(14)7-6(11)8(13)12-10(17-7)16-5(2)3/h5-7,10H,4H2,1-3H3,(H,12,13)/t6-,7-,10+/m0/s1. The van der Waals surface area contributed by atoms with Crippen LogP contribution < -0.4 is 5.32 Å². The first kappa shape index (κ1) is 13.9. The second-order valence-electron chi connectivity index (χ2n) is 3.74. The molecule has 0 aromatic heterocycles. The summed E-state index contributed by atoms with van der Waals surface area (Å²) in [5, 5.41) is 2.16. The summed E-state index contributed by atoms with van der Waals surface area (Å²) in [5.74, 6) is -1.85. The fraction of sp³-hybridized carbons (Fsp3) is 0.800. The number of carbonyl (C=O) groups is 2. The van der Waals surface area contributed by atoms with Crippen molar-refractivity contribution in [1.82, 2.24) is 5.32 Å². The van der Waals surface area contributed by atoms with Crippen LogP contribution in [0.4, 0.5) is 4.39 Å². The van der Waals surface area contributed by atoms with E-state index in [1.807, 2.05) is 0 Å². The maximum Gasteiger partial charge on any atom is 0.339 e. The molecule has 1 saturated heterocycles. The van der Waals surface area contributed by atoms with Crippen LogP contribution in [0.15, 0.2) is 0 Å². The third-order valence-electron chi connectivity index (χ3n) is 1.96. The van der Waals surface area contributed by atoms with Gasteiger partial charge >= 0.3 is 5.97 Å². The highest BCUT2D eigenvalue weighted by Crippen LogP contribution is 2.16. The van der Waals surface area contributed by atoms with Gasteiger partial charge in [-0.3, -0.25) is 4.79 Å². The van der Waals surface area contributed by atoms with Crippen molar-refractivity contribution in [2.45, 2.75) is 45.6 Å². The fourth-order valence-corrected chi connectivity index (χ4v) is 1.28. The molecule has 0 aliphatic carbocycles. The maximum absolute atomic E-state index is 13.4. The first-order valence-electron chi connectivity index (χ1n) is 5.37. The number of nitrogens with one attached hydrogen (secondary N) is 1. The van der Waals surface area contributed by atoms with Crippen molar-refractivity contribution in [2.24, 2.45) is 0 Å². The molecule has 0 spiro atoms. The molecule has 7 heteroatoms. The largest absolute Gasteiger partial charge is 0.464 e. The lowest BCUT2D eigenvalue weighted by Crippen LogP contribution is -2.58. The average Bonchev–Trinajstić information content (AvgIpc) is 2.22. The van der Waals surface area contributed by atoms with E-state index < -0.39 is 30.6 Å². The van der Waals surface area contributed by atoms with Crippen LogP contribution in [0.2, 0.25) is 0 Å². The van der Waals surface area contributed by atoms with Gasteiger partial charge in [-0.15, -0.1) is 0 Å². The Balaban J connectivity index is 2.67. The molecule has 1 N–H and O–H groups in total. The lowest BCUT2D eigenvalue weighted by atomic mass is 10.2. The molecule has 0 aromatic rings. The van der Waals surface area contributed by atoms with Gasteiger partial charge in [-0.05, 0) is 20.8 Å². The Morgan fingerprint density at radius 2 is 2.24 bits per heavy atom. The van der Waals surface area contributed by atoms with Crippen LogP contribution in [0, 0.1) is 0 Å². The fourth-order valence-electron chi connectivity index (χ4n) is 1.28. The smallest absolute Gasteiger partial charge is 0.339 e. The highest BCUT2D eigenvalue weighted by Gasteiger charge is 2.43. The van der Waals surface area contributed by atoms with Gasteiger partial charge < -0.3 is 19.5 Å². The quantitative estimate of drug-likeness (QED) is 0.716. The van der Waals surface area contributed by atoms with E-state index >= 15 is 0 Å². The number of amides is 1. The van der Waals surface area contributed by atoms with Crippen LogP contribution in [-0.2, 0) is 23.8 Å². The van der Waals surface area contributed by atoms with Gasteiger partial charge in [0.25, 0.3) is 5.91 Å². The van der Waals surface area contributed by atoms with Crippen molar-refractivity contribution in [3.63, 3.8) is 0 Å². The number of esters is 1. The second kappa shape index (κ2) is 5.92. The molecule has 98 valence electrons. The summed E-state index contributed by atoms with van der Waals surface area (Å²) in [6, 6.07) is 0. The summed E-state index contributed by atoms with van der Waals surface area (Å²) in [5.41, 5.74) is 0. The Labute approximate surface area is 98.4 Å². The Bertz CT molecular complexity index is 296. The summed E-state index contributed by atoms with van der Waals surface area (Å²) in [6.45, 7) is 5.10. The van der Waals surface area contributed by atoms with E-state index in [1.54, 1.807) is 20.8 Å². The van der Waals surface area contributed by atoms with Gasteiger partial charge in [0.05, 0.1) is 12.7 Å². The predicted molar refractivity (Wildman–Crippen MR) is 54.6 cm³/mol. The molecular weight excluding hydrogens is 233 g/mol. The van der Waals surface area contributed by atoms with Gasteiger partial charge in [-0.2, -0.15) is 0 Å². The predicted octanol–water partition coefficient (Wildman–Crippen LogP) is 0.111. The van der Waals surface area contributed by atoms with Crippen LogP contribution in [0.5, 0.6) is 0 Å². The molecule has 0 unspecified atom stereocenters. The number of halogens is 1. The van der Waals surface area contributed by atoms with Gasteiger partial charge in [0.1, 0.15) is 0 Å². The molecule has 1 fully saturated rings. The van der Waals surface area contributed by atoms with Crippen molar-refractivity contribution in [3.8, 4) is 0 Å². The molecule has 1 aliphatic rings. The topological polar surface area (TPSA) is 73.9 Å². The minimum absolute atomic E-state index is 0.0860. The number of ether oxygens (including phenoxy) is 3. The third-order valence-corrected chi connectivity index (χ3v) is 1.96. The molecule has 1 rings (SSSR count). The summed E-state index contributed by atoms with van der Waals surface area (Å²) in [6.07, 6.45) is -5.03. The first-order valence-corrected chi connectivity index (χ1v) is 5.37. The van der Waals surface area contributed by atoms with Crippen LogP contribution >= 0.6 is 0 Å². The van der Waals surface area contributed by atoms with Crippen LogP contribution in [-0.4, -0.2) is 43.3 Å². The Morgan fingerprint density at radius 1 is 1.59 bits per heavy atom. The second-order valence-corrected chi connectivity index (χ2v) is 3.74. The lowest BCUT2D eigenvalue weighted by Gasteiger charge is -2.31. The van der Waals surface area contributed by atoms with Crippen molar-refractivity contribution in [1.29, 1.82) is 0 Å². The van der Waals surface area contributed by atoms with E-state index in [0.29, 0.717) is 0 Å². The molecule has 17 heavy (non-hydrogen) atoms. The number of alkyl halides is 1. The number of hydrogen-bond donors (Lipinski definition) is 1. The third kappa shape index (κ3) is 3.64. The monoisotopic (exact) mass is 249 g/mol. The highest BCUT2D eigenvalue weighted by molar-refractivity contribution is 5.89. The van der Waals surface area contributed by atoms with Gasteiger partial charge in [-0.25, -0.2) is 9.18 Å². The van der Waals surface area contributed by atoms with E-state index in [9.17, 15) is 14.0 Å². The summed E-state index contributed by atoms with van der Waals surface area (Å²) < 4.78 is 28.2. The Morgan fingerprint density at radius 3 is 2.76 bits per heavy atom. The highest BCUT2D eigenvalue weighted by atomic mass is 19.1. The van der Waals surface area contributed by atoms with E-state index in [4.69, 9.17) is 9.47 Å². The van der Waals surface area contributed by atoms with Crippen LogP contribution in [0.1, 0.15) is 20.8 Å². The summed E-state index contributed by atoms with van der Waals surface area (Å²) >= 11 is 0. The van der Waals surface area contributed by atoms with Gasteiger partial charge in [0.2, 0.25) is 12.6 Å². The van der Waals surface area contributed by atoms with Crippen molar-refractivity contribution < 1.29 is 28.2 Å².